The highest BCUT2D eigenvalue weighted by atomic mass is 31.2. The van der Waals surface area contributed by atoms with Crippen LogP contribution in [0.25, 0.3) is 0 Å². The van der Waals surface area contributed by atoms with Crippen LogP contribution in [0.1, 0.15) is 27.2 Å². The molecular formula is C8H17NO5P-. The number of hydrogen-bond acceptors (Lipinski definition) is 4. The summed E-state index contributed by atoms with van der Waals surface area (Å²) in [6.45, 7) is 5.13. The minimum absolute atomic E-state index is 0.0121. The molecule has 0 saturated carbocycles. The number of hydrogen-bond donors (Lipinski definition) is 2. The van der Waals surface area contributed by atoms with E-state index in [9.17, 15) is 14.3 Å². The third kappa shape index (κ3) is 6.62. The highest BCUT2D eigenvalue weighted by Crippen LogP contribution is 2.32. The topological polar surface area (TPSA) is 98.7 Å². The van der Waals surface area contributed by atoms with Crippen LogP contribution in [0, 0.1) is 5.92 Å². The summed E-state index contributed by atoms with van der Waals surface area (Å²) in [7, 11) is -4.24. The summed E-state index contributed by atoms with van der Waals surface area (Å²) in [5.74, 6) is -1.11. The average Bonchev–Trinajstić information content (AvgIpc) is 2.00. The summed E-state index contributed by atoms with van der Waals surface area (Å²) >= 11 is 0. The Bertz CT molecular complexity index is 255. The van der Waals surface area contributed by atoms with E-state index in [4.69, 9.17) is 5.11 Å². The van der Waals surface area contributed by atoms with Crippen molar-refractivity contribution in [2.45, 2.75) is 33.2 Å². The highest BCUT2D eigenvalue weighted by Gasteiger charge is 2.23. The lowest BCUT2D eigenvalue weighted by atomic mass is 10.1. The first kappa shape index (κ1) is 14.6. The number of rotatable bonds is 7. The van der Waals surface area contributed by atoms with Gasteiger partial charge in [0.25, 0.3) is 0 Å². The van der Waals surface area contributed by atoms with Gasteiger partial charge in [0.05, 0.1) is 6.61 Å². The van der Waals surface area contributed by atoms with Crippen molar-refractivity contribution in [3.63, 3.8) is 0 Å². The Labute approximate surface area is 89.2 Å². The van der Waals surface area contributed by atoms with Crippen LogP contribution < -0.4 is 9.98 Å². The molecule has 0 spiro atoms. The molecule has 0 bridgehead atoms. The summed E-state index contributed by atoms with van der Waals surface area (Å²) < 4.78 is 15.6. The van der Waals surface area contributed by atoms with Crippen molar-refractivity contribution in [2.24, 2.45) is 5.92 Å². The third-order valence-corrected chi connectivity index (χ3v) is 2.84. The van der Waals surface area contributed by atoms with Gasteiger partial charge in [-0.15, -0.1) is 0 Å². The molecule has 6 nitrogen and oxygen atoms in total. The van der Waals surface area contributed by atoms with Crippen molar-refractivity contribution in [3.05, 3.63) is 0 Å². The molecule has 0 saturated heterocycles. The SMILES string of the molecule is CCOP(=O)([O-])N[C@@H](CC(C)C)C(=O)O. The molecule has 2 N–H and O–H groups in total. The molecule has 0 rings (SSSR count). The van der Waals surface area contributed by atoms with E-state index in [1.165, 1.54) is 6.92 Å². The van der Waals surface area contributed by atoms with Crippen molar-refractivity contribution in [1.82, 2.24) is 5.09 Å². The normalized spacial score (nSPS) is 17.4. The van der Waals surface area contributed by atoms with Crippen molar-refractivity contribution in [3.8, 4) is 0 Å². The molecule has 0 aliphatic heterocycles. The van der Waals surface area contributed by atoms with E-state index in [-0.39, 0.29) is 18.9 Å². The minimum atomic E-state index is -4.24. The first-order valence-corrected chi connectivity index (χ1v) is 6.29. The lowest BCUT2D eigenvalue weighted by molar-refractivity contribution is -0.203. The first-order valence-electron chi connectivity index (χ1n) is 4.74. The van der Waals surface area contributed by atoms with Crippen molar-refractivity contribution in [2.75, 3.05) is 6.61 Å². The minimum Gasteiger partial charge on any atom is -0.766 e. The van der Waals surface area contributed by atoms with Crippen LogP contribution in [0.4, 0.5) is 0 Å². The second kappa shape index (κ2) is 6.23. The molecule has 0 aliphatic carbocycles. The Morgan fingerprint density at radius 3 is 2.47 bits per heavy atom. The highest BCUT2D eigenvalue weighted by molar-refractivity contribution is 7.49. The second-order valence-electron chi connectivity index (χ2n) is 3.56. The second-order valence-corrected chi connectivity index (χ2v) is 5.08. The summed E-state index contributed by atoms with van der Waals surface area (Å²) in [4.78, 5) is 21.9. The van der Waals surface area contributed by atoms with Gasteiger partial charge in [-0.1, -0.05) is 13.8 Å². The number of carboxylic acid groups (broad SMARTS) is 1. The molecule has 0 heterocycles. The molecule has 0 aromatic heterocycles. The first-order chi connectivity index (χ1) is 6.78. The maximum atomic E-state index is 11.2. The zero-order chi connectivity index (χ0) is 12.1. The molecule has 7 heteroatoms. The molecule has 90 valence electrons. The average molecular weight is 238 g/mol. The van der Waals surface area contributed by atoms with E-state index in [2.05, 4.69) is 4.52 Å². The third-order valence-electron chi connectivity index (χ3n) is 1.62. The monoisotopic (exact) mass is 238 g/mol. The van der Waals surface area contributed by atoms with E-state index < -0.39 is 19.8 Å². The fourth-order valence-electron chi connectivity index (χ4n) is 1.08. The van der Waals surface area contributed by atoms with Crippen molar-refractivity contribution in [1.29, 1.82) is 0 Å². The molecule has 0 amide bonds. The van der Waals surface area contributed by atoms with E-state index in [0.29, 0.717) is 0 Å². The van der Waals surface area contributed by atoms with Gasteiger partial charge in [0, 0.05) is 0 Å². The lowest BCUT2D eigenvalue weighted by Gasteiger charge is -2.27. The van der Waals surface area contributed by atoms with Crippen LogP contribution in [0.2, 0.25) is 0 Å². The molecule has 0 aromatic rings. The standard InChI is InChI=1S/C8H18NO5P/c1-4-14-15(12,13)9-7(8(10)11)5-6(2)3/h6-7H,4-5H2,1-3H3,(H,10,11)(H2,9,12,13)/p-1/t7-/m0/s1. The molecule has 2 atom stereocenters. The molecule has 0 fully saturated rings. The van der Waals surface area contributed by atoms with Gasteiger partial charge >= 0.3 is 5.97 Å². The van der Waals surface area contributed by atoms with Gasteiger partial charge < -0.3 is 14.5 Å². The maximum absolute atomic E-state index is 11.2. The predicted molar refractivity (Wildman–Crippen MR) is 53.2 cm³/mol. The number of carbonyl (C=O) groups is 1. The Morgan fingerprint density at radius 2 is 2.13 bits per heavy atom. The van der Waals surface area contributed by atoms with Crippen molar-refractivity contribution >= 4 is 13.7 Å². The van der Waals surface area contributed by atoms with Gasteiger partial charge in [0.2, 0.25) is 7.75 Å². The molecule has 0 radical (unpaired) electrons. The van der Waals surface area contributed by atoms with E-state index in [1.54, 1.807) is 0 Å². The van der Waals surface area contributed by atoms with Crippen LogP contribution >= 0.6 is 7.75 Å². The lowest BCUT2D eigenvalue weighted by Crippen LogP contribution is -2.38. The van der Waals surface area contributed by atoms with Crippen molar-refractivity contribution < 1.29 is 23.9 Å². The van der Waals surface area contributed by atoms with Gasteiger partial charge in [-0.3, -0.25) is 9.36 Å². The summed E-state index contributed by atoms with van der Waals surface area (Å²) in [5, 5.41) is 10.8. The Morgan fingerprint density at radius 1 is 1.60 bits per heavy atom. The zero-order valence-corrected chi connectivity index (χ0v) is 9.99. The van der Waals surface area contributed by atoms with Crippen LogP contribution in [-0.2, 0) is 13.9 Å². The number of nitrogens with one attached hydrogen (secondary N) is 1. The molecule has 15 heavy (non-hydrogen) atoms. The molecule has 0 aliphatic rings. The van der Waals surface area contributed by atoms with Gasteiger partial charge in [0.1, 0.15) is 6.04 Å². The van der Waals surface area contributed by atoms with E-state index >= 15 is 0 Å². The van der Waals surface area contributed by atoms with Gasteiger partial charge in [0.15, 0.2) is 0 Å². The quantitative estimate of drug-likeness (QED) is 0.629. The molecule has 0 aromatic carbocycles. The maximum Gasteiger partial charge on any atom is 0.321 e. The summed E-state index contributed by atoms with van der Waals surface area (Å²) in [6, 6.07) is -1.13. The van der Waals surface area contributed by atoms with Gasteiger partial charge in [-0.25, -0.2) is 5.09 Å². The zero-order valence-electron chi connectivity index (χ0n) is 9.10. The largest absolute Gasteiger partial charge is 0.766 e. The van der Waals surface area contributed by atoms with Crippen LogP contribution in [0.15, 0.2) is 0 Å². The van der Waals surface area contributed by atoms with Crippen LogP contribution in [-0.4, -0.2) is 23.7 Å². The summed E-state index contributed by atoms with van der Waals surface area (Å²) in [5.41, 5.74) is 0. The molecular weight excluding hydrogens is 221 g/mol. The Kier molecular flexibility index (Phi) is 6.05. The molecule has 1 unspecified atom stereocenters. The summed E-state index contributed by atoms with van der Waals surface area (Å²) in [6.07, 6.45) is 0.231. The Balaban J connectivity index is 4.40. The fraction of sp³-hybridized carbons (Fsp3) is 0.875. The van der Waals surface area contributed by atoms with E-state index in [1.807, 2.05) is 18.9 Å². The fourth-order valence-corrected chi connectivity index (χ4v) is 2.09. The predicted octanol–water partition coefficient (Wildman–Crippen LogP) is 0.580. The van der Waals surface area contributed by atoms with Gasteiger partial charge in [-0.05, 0) is 19.3 Å². The number of carboxylic acids is 1. The Hall–Kier alpha value is -0.420. The smallest absolute Gasteiger partial charge is 0.321 e. The van der Waals surface area contributed by atoms with Crippen LogP contribution in [0.3, 0.4) is 0 Å². The van der Waals surface area contributed by atoms with E-state index in [0.717, 1.165) is 0 Å². The number of aliphatic carboxylic acids is 1. The van der Waals surface area contributed by atoms with Crippen LogP contribution in [0.5, 0.6) is 0 Å². The van der Waals surface area contributed by atoms with Gasteiger partial charge in [-0.2, -0.15) is 0 Å².